The molecule has 0 bridgehead atoms. The van der Waals surface area contributed by atoms with Crippen molar-refractivity contribution in [3.63, 3.8) is 0 Å². The topological polar surface area (TPSA) is 55.4 Å². The third-order valence-electron chi connectivity index (χ3n) is 4.05. The molecule has 2 rings (SSSR count). The van der Waals surface area contributed by atoms with Crippen molar-refractivity contribution in [3.8, 4) is 0 Å². The second-order valence-corrected chi connectivity index (χ2v) is 5.88. The first-order valence-electron chi connectivity index (χ1n) is 7.59. The molecule has 0 aromatic heterocycles. The molecule has 0 saturated heterocycles. The molecule has 1 aromatic rings. The number of aryl methyl sites for hydroxylation is 1. The first-order chi connectivity index (χ1) is 10.1. The highest BCUT2D eigenvalue weighted by Gasteiger charge is 2.23. The predicted octanol–water partition coefficient (Wildman–Crippen LogP) is 2.85. The molecule has 1 aliphatic rings. The summed E-state index contributed by atoms with van der Waals surface area (Å²) in [5, 5.41) is 2.97. The molecule has 1 aromatic carbocycles. The highest BCUT2D eigenvalue weighted by atomic mass is 16.5. The van der Waals surface area contributed by atoms with Crippen LogP contribution in [0.5, 0.6) is 0 Å². The number of carbonyl (C=O) groups excluding carboxylic acids is 2. The minimum atomic E-state index is -0.453. The molecule has 0 unspecified atom stereocenters. The minimum absolute atomic E-state index is 0.212. The average Bonchev–Trinajstić information content (AvgIpc) is 2.47. The Labute approximate surface area is 125 Å². The quantitative estimate of drug-likeness (QED) is 0.867. The Bertz CT molecular complexity index is 513. The molecule has 0 aliphatic heterocycles. The standard InChI is InChI=1S/C17H23NO3/c1-12-6-5-8-14(10-12)17(20)21-11-16(19)18-15-9-4-3-7-13(15)2/h5-6,8,10,13,15H,3-4,7,9,11H2,1-2H3,(H,18,19)/t13-,15-/m0/s1. The molecule has 2 atom stereocenters. The molecule has 1 aliphatic carbocycles. The number of esters is 1. The van der Waals surface area contributed by atoms with Crippen molar-refractivity contribution in [3.05, 3.63) is 35.4 Å². The van der Waals surface area contributed by atoms with Gasteiger partial charge in [-0.2, -0.15) is 0 Å². The number of carbonyl (C=O) groups is 2. The van der Waals surface area contributed by atoms with Gasteiger partial charge < -0.3 is 10.1 Å². The first kappa shape index (κ1) is 15.5. The second-order valence-electron chi connectivity index (χ2n) is 5.88. The average molecular weight is 289 g/mol. The Morgan fingerprint density at radius 1 is 1.29 bits per heavy atom. The monoisotopic (exact) mass is 289 g/mol. The van der Waals surface area contributed by atoms with E-state index in [1.54, 1.807) is 18.2 Å². The van der Waals surface area contributed by atoms with E-state index in [0.29, 0.717) is 11.5 Å². The van der Waals surface area contributed by atoms with Crippen LogP contribution in [-0.2, 0) is 9.53 Å². The number of rotatable bonds is 4. The van der Waals surface area contributed by atoms with E-state index in [0.717, 1.165) is 24.8 Å². The maximum absolute atomic E-state index is 11.9. The zero-order chi connectivity index (χ0) is 15.2. The maximum atomic E-state index is 11.9. The van der Waals surface area contributed by atoms with Crippen molar-refractivity contribution in [2.45, 2.75) is 45.6 Å². The van der Waals surface area contributed by atoms with Gasteiger partial charge >= 0.3 is 5.97 Å². The lowest BCUT2D eigenvalue weighted by molar-refractivity contribution is -0.125. The Hall–Kier alpha value is -1.84. The molecule has 21 heavy (non-hydrogen) atoms. The van der Waals surface area contributed by atoms with Crippen molar-refractivity contribution >= 4 is 11.9 Å². The zero-order valence-corrected chi connectivity index (χ0v) is 12.7. The third-order valence-corrected chi connectivity index (χ3v) is 4.05. The highest BCUT2D eigenvalue weighted by molar-refractivity contribution is 5.91. The Morgan fingerprint density at radius 2 is 2.05 bits per heavy atom. The van der Waals surface area contributed by atoms with Crippen LogP contribution in [0.2, 0.25) is 0 Å². The van der Waals surface area contributed by atoms with Crippen molar-refractivity contribution in [2.24, 2.45) is 5.92 Å². The first-order valence-corrected chi connectivity index (χ1v) is 7.59. The summed E-state index contributed by atoms with van der Waals surface area (Å²) in [4.78, 5) is 23.7. The molecular weight excluding hydrogens is 266 g/mol. The fourth-order valence-electron chi connectivity index (χ4n) is 2.77. The zero-order valence-electron chi connectivity index (χ0n) is 12.7. The number of hydrogen-bond acceptors (Lipinski definition) is 3. The van der Waals surface area contributed by atoms with E-state index >= 15 is 0 Å². The maximum Gasteiger partial charge on any atom is 0.338 e. The highest BCUT2D eigenvalue weighted by Crippen LogP contribution is 2.23. The lowest BCUT2D eigenvalue weighted by Gasteiger charge is -2.29. The van der Waals surface area contributed by atoms with Crippen molar-refractivity contribution in [1.29, 1.82) is 0 Å². The van der Waals surface area contributed by atoms with Gasteiger partial charge in [0.05, 0.1) is 5.56 Å². The van der Waals surface area contributed by atoms with E-state index in [9.17, 15) is 9.59 Å². The van der Waals surface area contributed by atoms with Gasteiger partial charge in [-0.05, 0) is 37.8 Å². The Balaban J connectivity index is 1.79. The van der Waals surface area contributed by atoms with Gasteiger partial charge in [0.1, 0.15) is 0 Å². The fraction of sp³-hybridized carbons (Fsp3) is 0.529. The van der Waals surface area contributed by atoms with Gasteiger partial charge in [0, 0.05) is 6.04 Å². The third kappa shape index (κ3) is 4.59. The van der Waals surface area contributed by atoms with Gasteiger partial charge in [0.2, 0.25) is 0 Å². The van der Waals surface area contributed by atoms with Crippen LogP contribution in [0.15, 0.2) is 24.3 Å². The molecule has 1 amide bonds. The van der Waals surface area contributed by atoms with Crippen LogP contribution in [0.25, 0.3) is 0 Å². The largest absolute Gasteiger partial charge is 0.452 e. The molecule has 114 valence electrons. The molecular formula is C17H23NO3. The normalized spacial score (nSPS) is 21.6. The van der Waals surface area contributed by atoms with Crippen LogP contribution in [0, 0.1) is 12.8 Å². The fourth-order valence-corrected chi connectivity index (χ4v) is 2.77. The van der Waals surface area contributed by atoms with E-state index in [1.165, 1.54) is 6.42 Å². The van der Waals surface area contributed by atoms with E-state index in [4.69, 9.17) is 4.74 Å². The van der Waals surface area contributed by atoms with E-state index in [1.807, 2.05) is 13.0 Å². The molecule has 1 saturated carbocycles. The molecule has 0 heterocycles. The number of hydrogen-bond donors (Lipinski definition) is 1. The van der Waals surface area contributed by atoms with Crippen LogP contribution >= 0.6 is 0 Å². The second kappa shape index (κ2) is 7.25. The van der Waals surface area contributed by atoms with E-state index in [2.05, 4.69) is 12.2 Å². The summed E-state index contributed by atoms with van der Waals surface area (Å²) in [5.41, 5.74) is 1.47. The van der Waals surface area contributed by atoms with Crippen LogP contribution in [0.1, 0.15) is 48.5 Å². The smallest absolute Gasteiger partial charge is 0.338 e. The Kier molecular flexibility index (Phi) is 5.37. The lowest BCUT2D eigenvalue weighted by Crippen LogP contribution is -2.42. The van der Waals surface area contributed by atoms with Gasteiger partial charge in [0.15, 0.2) is 6.61 Å². The summed E-state index contributed by atoms with van der Waals surface area (Å²) in [6.07, 6.45) is 4.54. The SMILES string of the molecule is Cc1cccc(C(=O)OCC(=O)N[C@H]2CCCC[C@@H]2C)c1. The molecule has 1 fully saturated rings. The van der Waals surface area contributed by atoms with Crippen LogP contribution in [0.4, 0.5) is 0 Å². The number of ether oxygens (including phenoxy) is 1. The van der Waals surface area contributed by atoms with Crippen LogP contribution in [0.3, 0.4) is 0 Å². The number of benzene rings is 1. The van der Waals surface area contributed by atoms with Crippen molar-refractivity contribution in [2.75, 3.05) is 6.61 Å². The molecule has 0 spiro atoms. The number of amides is 1. The molecule has 4 heteroatoms. The van der Waals surface area contributed by atoms with Gasteiger partial charge in [-0.1, -0.05) is 37.5 Å². The summed E-state index contributed by atoms with van der Waals surface area (Å²) in [5.74, 6) is -0.171. The van der Waals surface area contributed by atoms with Gasteiger partial charge in [-0.3, -0.25) is 4.79 Å². The summed E-state index contributed by atoms with van der Waals surface area (Å²) in [7, 11) is 0. The van der Waals surface area contributed by atoms with Gasteiger partial charge in [-0.25, -0.2) is 4.79 Å². The number of nitrogens with one attached hydrogen (secondary N) is 1. The summed E-state index contributed by atoms with van der Waals surface area (Å²) in [6, 6.07) is 7.37. The van der Waals surface area contributed by atoms with Crippen LogP contribution < -0.4 is 5.32 Å². The Morgan fingerprint density at radius 3 is 2.76 bits per heavy atom. The summed E-state index contributed by atoms with van der Waals surface area (Å²) >= 11 is 0. The summed E-state index contributed by atoms with van der Waals surface area (Å²) in [6.45, 7) is 3.85. The van der Waals surface area contributed by atoms with Gasteiger partial charge in [0.25, 0.3) is 5.91 Å². The summed E-state index contributed by atoms with van der Waals surface area (Å²) < 4.78 is 5.07. The lowest BCUT2D eigenvalue weighted by atomic mass is 9.86. The van der Waals surface area contributed by atoms with E-state index < -0.39 is 5.97 Å². The molecule has 1 N–H and O–H groups in total. The van der Waals surface area contributed by atoms with Crippen molar-refractivity contribution in [1.82, 2.24) is 5.32 Å². The van der Waals surface area contributed by atoms with Crippen LogP contribution in [-0.4, -0.2) is 24.5 Å². The van der Waals surface area contributed by atoms with Crippen molar-refractivity contribution < 1.29 is 14.3 Å². The van der Waals surface area contributed by atoms with E-state index in [-0.39, 0.29) is 18.6 Å². The minimum Gasteiger partial charge on any atom is -0.452 e. The van der Waals surface area contributed by atoms with Gasteiger partial charge in [-0.15, -0.1) is 0 Å². The molecule has 0 radical (unpaired) electrons. The predicted molar refractivity (Wildman–Crippen MR) is 81.0 cm³/mol. The molecule has 4 nitrogen and oxygen atoms in total.